The zero-order chi connectivity index (χ0) is 22.2. The third kappa shape index (κ3) is 4.49. The molecule has 1 saturated heterocycles. The fourth-order valence-electron chi connectivity index (χ4n) is 4.96. The summed E-state index contributed by atoms with van der Waals surface area (Å²) < 4.78 is 33.6. The first-order valence-corrected chi connectivity index (χ1v) is 12.8. The molecule has 0 aliphatic carbocycles. The minimum absolute atomic E-state index is 0.0499. The van der Waals surface area contributed by atoms with Crippen molar-refractivity contribution in [2.24, 2.45) is 5.92 Å². The Bertz CT molecular complexity index is 1060. The number of aryl methyl sites for hydroxylation is 2. The van der Waals surface area contributed by atoms with Gasteiger partial charge in [-0.05, 0) is 86.2 Å². The number of nitrogens with zero attached hydrogens (tertiary/aromatic N) is 1. The molecular formula is C24H31ClN2O3S. The predicted octanol–water partition coefficient (Wildman–Crippen LogP) is 4.12. The second-order valence-electron chi connectivity index (χ2n) is 8.76. The molecule has 0 bridgehead atoms. The van der Waals surface area contributed by atoms with Gasteiger partial charge in [0, 0.05) is 30.6 Å². The average Bonchev–Trinajstić information content (AvgIpc) is 2.76. The van der Waals surface area contributed by atoms with Crippen LogP contribution in [-0.4, -0.2) is 45.4 Å². The van der Waals surface area contributed by atoms with Crippen LogP contribution >= 0.6 is 11.6 Å². The van der Waals surface area contributed by atoms with Crippen LogP contribution in [0.1, 0.15) is 35.1 Å². The lowest BCUT2D eigenvalue weighted by Gasteiger charge is -2.41. The van der Waals surface area contributed by atoms with Gasteiger partial charge in [0.25, 0.3) is 0 Å². The number of halogens is 1. The molecule has 168 valence electrons. The largest absolute Gasteiger partial charge is 0.497 e. The third-order valence-corrected chi connectivity index (χ3v) is 9.41. The molecule has 1 fully saturated rings. The van der Waals surface area contributed by atoms with E-state index >= 15 is 0 Å². The van der Waals surface area contributed by atoms with Crippen molar-refractivity contribution in [3.8, 4) is 5.75 Å². The van der Waals surface area contributed by atoms with E-state index in [0.717, 1.165) is 43.7 Å². The van der Waals surface area contributed by atoms with E-state index in [-0.39, 0.29) is 5.92 Å². The van der Waals surface area contributed by atoms with Crippen LogP contribution in [0, 0.1) is 19.8 Å². The number of hydrogen-bond donors (Lipinski definition) is 1. The normalized spacial score (nSPS) is 20.8. The number of ether oxygens (including phenoxy) is 1. The maximum atomic E-state index is 14.1. The van der Waals surface area contributed by atoms with Gasteiger partial charge in [-0.1, -0.05) is 17.7 Å². The third-order valence-electron chi connectivity index (χ3n) is 6.63. The number of fused-ring (bicyclic) bond motifs is 1. The highest BCUT2D eigenvalue weighted by atomic mass is 35.5. The number of rotatable bonds is 5. The molecule has 2 unspecified atom stereocenters. The first-order chi connectivity index (χ1) is 14.8. The highest BCUT2D eigenvalue weighted by molar-refractivity contribution is 7.92. The van der Waals surface area contributed by atoms with Crippen molar-refractivity contribution in [1.82, 2.24) is 10.2 Å². The van der Waals surface area contributed by atoms with Gasteiger partial charge in [-0.2, -0.15) is 0 Å². The number of piperidine rings is 1. The van der Waals surface area contributed by atoms with Crippen LogP contribution in [0.3, 0.4) is 0 Å². The van der Waals surface area contributed by atoms with Crippen molar-refractivity contribution >= 4 is 21.4 Å². The second kappa shape index (κ2) is 9.10. The molecule has 2 aromatic carbocycles. The molecule has 7 heteroatoms. The van der Waals surface area contributed by atoms with Gasteiger partial charge in [0.2, 0.25) is 0 Å². The van der Waals surface area contributed by atoms with E-state index in [2.05, 4.69) is 22.3 Å². The van der Waals surface area contributed by atoms with Crippen molar-refractivity contribution in [2.75, 3.05) is 26.7 Å². The summed E-state index contributed by atoms with van der Waals surface area (Å²) in [4.78, 5) is 2.58. The zero-order valence-electron chi connectivity index (χ0n) is 18.4. The number of methoxy groups -OCH3 is 1. The van der Waals surface area contributed by atoms with Crippen molar-refractivity contribution in [3.05, 3.63) is 57.6 Å². The molecular weight excluding hydrogens is 432 g/mol. The first kappa shape index (κ1) is 22.6. The lowest BCUT2D eigenvalue weighted by Crippen LogP contribution is -2.52. The summed E-state index contributed by atoms with van der Waals surface area (Å²) in [5.74, 6) is 0.897. The topological polar surface area (TPSA) is 58.6 Å². The quantitative estimate of drug-likeness (QED) is 0.724. The molecule has 0 spiro atoms. The number of hydrogen-bond acceptors (Lipinski definition) is 5. The summed E-state index contributed by atoms with van der Waals surface area (Å²) in [6.07, 6.45) is 2.72. The molecule has 2 aliphatic rings. The van der Waals surface area contributed by atoms with Crippen LogP contribution in [-0.2, 0) is 22.8 Å². The maximum Gasteiger partial charge on any atom is 0.195 e. The summed E-state index contributed by atoms with van der Waals surface area (Å²) in [5, 5.41) is 3.46. The van der Waals surface area contributed by atoms with Crippen molar-refractivity contribution < 1.29 is 13.2 Å². The van der Waals surface area contributed by atoms with E-state index in [1.807, 2.05) is 19.9 Å². The Balaban J connectivity index is 1.73. The standard InChI is InChI=1S/C24H31ClN2O3S/c1-16-12-23(17(2)11-22(16)25)31(28,29)24(19-5-4-9-26-14-19)27-10-8-18-13-21(30-3)7-6-20(18)15-27/h6-7,11-13,19,24,26H,4-5,8-10,14-15H2,1-3H3. The monoisotopic (exact) mass is 462 g/mol. The maximum absolute atomic E-state index is 14.1. The van der Waals surface area contributed by atoms with Gasteiger partial charge in [-0.3, -0.25) is 4.90 Å². The van der Waals surface area contributed by atoms with Gasteiger partial charge in [0.05, 0.1) is 12.0 Å². The molecule has 2 heterocycles. The first-order valence-electron chi connectivity index (χ1n) is 10.9. The Morgan fingerprint density at radius 2 is 1.97 bits per heavy atom. The SMILES string of the molecule is COc1ccc2c(c1)CCN(C(C1CCCNC1)S(=O)(=O)c1cc(C)c(Cl)cc1C)C2. The van der Waals surface area contributed by atoms with E-state index in [9.17, 15) is 8.42 Å². The van der Waals surface area contributed by atoms with Gasteiger partial charge in [0.15, 0.2) is 9.84 Å². The van der Waals surface area contributed by atoms with E-state index < -0.39 is 15.2 Å². The van der Waals surface area contributed by atoms with Gasteiger partial charge in [0.1, 0.15) is 11.1 Å². The van der Waals surface area contributed by atoms with Crippen molar-refractivity contribution in [2.45, 2.75) is 49.9 Å². The molecule has 0 saturated carbocycles. The molecule has 2 atom stereocenters. The lowest BCUT2D eigenvalue weighted by molar-refractivity contribution is 0.162. The van der Waals surface area contributed by atoms with Gasteiger partial charge in [-0.25, -0.2) is 8.42 Å². The van der Waals surface area contributed by atoms with Gasteiger partial charge >= 0.3 is 0 Å². The van der Waals surface area contributed by atoms with Crippen molar-refractivity contribution in [1.29, 1.82) is 0 Å². The highest BCUT2D eigenvalue weighted by Gasteiger charge is 2.41. The molecule has 0 aromatic heterocycles. The van der Waals surface area contributed by atoms with Crippen LogP contribution in [0.25, 0.3) is 0 Å². The smallest absolute Gasteiger partial charge is 0.195 e. The van der Waals surface area contributed by atoms with E-state index in [0.29, 0.717) is 28.6 Å². The highest BCUT2D eigenvalue weighted by Crippen LogP contribution is 2.35. The van der Waals surface area contributed by atoms with E-state index in [1.54, 1.807) is 19.2 Å². The van der Waals surface area contributed by atoms with Crippen LogP contribution in [0.4, 0.5) is 0 Å². The van der Waals surface area contributed by atoms with Crippen LogP contribution in [0.5, 0.6) is 5.75 Å². The van der Waals surface area contributed by atoms with Gasteiger partial charge in [-0.15, -0.1) is 0 Å². The van der Waals surface area contributed by atoms with Crippen LogP contribution < -0.4 is 10.1 Å². The van der Waals surface area contributed by atoms with Crippen molar-refractivity contribution in [3.63, 3.8) is 0 Å². The van der Waals surface area contributed by atoms with Crippen LogP contribution in [0.15, 0.2) is 35.2 Å². The zero-order valence-corrected chi connectivity index (χ0v) is 20.0. The molecule has 4 rings (SSSR count). The minimum atomic E-state index is -3.58. The molecule has 0 radical (unpaired) electrons. The number of benzene rings is 2. The molecule has 1 N–H and O–H groups in total. The lowest BCUT2D eigenvalue weighted by atomic mass is 9.95. The Hall–Kier alpha value is -1.60. The molecule has 0 amide bonds. The molecule has 2 aromatic rings. The Morgan fingerprint density at radius 1 is 1.16 bits per heavy atom. The number of nitrogens with one attached hydrogen (secondary N) is 1. The minimum Gasteiger partial charge on any atom is -0.497 e. The fraction of sp³-hybridized carbons (Fsp3) is 0.500. The summed E-state index contributed by atoms with van der Waals surface area (Å²) in [5.41, 5.74) is 3.93. The Labute approximate surface area is 190 Å². The Kier molecular flexibility index (Phi) is 6.63. The summed E-state index contributed by atoms with van der Waals surface area (Å²) in [6, 6.07) is 9.63. The molecule has 2 aliphatic heterocycles. The van der Waals surface area contributed by atoms with Gasteiger partial charge < -0.3 is 10.1 Å². The summed E-state index contributed by atoms with van der Waals surface area (Å²) in [6.45, 7) is 6.72. The summed E-state index contributed by atoms with van der Waals surface area (Å²) >= 11 is 6.27. The van der Waals surface area contributed by atoms with E-state index in [4.69, 9.17) is 16.3 Å². The number of sulfone groups is 1. The Morgan fingerprint density at radius 3 is 2.68 bits per heavy atom. The molecule has 31 heavy (non-hydrogen) atoms. The average molecular weight is 463 g/mol. The fourth-order valence-corrected chi connectivity index (χ4v) is 7.59. The van der Waals surface area contributed by atoms with E-state index in [1.165, 1.54) is 11.1 Å². The van der Waals surface area contributed by atoms with Crippen LogP contribution in [0.2, 0.25) is 5.02 Å². The second-order valence-corrected chi connectivity index (χ2v) is 11.2. The summed E-state index contributed by atoms with van der Waals surface area (Å²) in [7, 11) is -1.91. The predicted molar refractivity (Wildman–Crippen MR) is 125 cm³/mol. The molecule has 5 nitrogen and oxygen atoms in total.